The third-order valence-corrected chi connectivity index (χ3v) is 3.99. The number of halogens is 3. The predicted molar refractivity (Wildman–Crippen MR) is 79.0 cm³/mol. The molecule has 0 fully saturated rings. The van der Waals surface area contributed by atoms with E-state index >= 15 is 0 Å². The first-order chi connectivity index (χ1) is 9.51. The van der Waals surface area contributed by atoms with Gasteiger partial charge < -0.3 is 0 Å². The molecule has 0 bridgehead atoms. The van der Waals surface area contributed by atoms with Crippen molar-refractivity contribution in [2.75, 3.05) is 0 Å². The molecular weight excluding hydrogens is 326 g/mol. The fraction of sp³-hybridized carbons (Fsp3) is 0.200. The van der Waals surface area contributed by atoms with Crippen LogP contribution in [0.25, 0.3) is 0 Å². The molecule has 0 radical (unpaired) electrons. The molecule has 2 rings (SSSR count). The minimum absolute atomic E-state index is 0.215. The molecule has 0 aliphatic heterocycles. The molecule has 3 N–H and O–H groups in total. The highest BCUT2D eigenvalue weighted by Gasteiger charge is 2.14. The van der Waals surface area contributed by atoms with Crippen LogP contribution in [-0.4, -0.2) is 0 Å². The maximum atomic E-state index is 13.3. The molecule has 0 aromatic heterocycles. The van der Waals surface area contributed by atoms with Crippen LogP contribution in [0.4, 0.5) is 8.78 Å². The van der Waals surface area contributed by atoms with Gasteiger partial charge in [-0.25, -0.2) is 8.78 Å². The predicted octanol–water partition coefficient (Wildman–Crippen LogP) is 3.78. The van der Waals surface area contributed by atoms with Gasteiger partial charge in [0, 0.05) is 4.47 Å². The molecule has 5 heteroatoms. The molecule has 2 aromatic rings. The van der Waals surface area contributed by atoms with Gasteiger partial charge in [0.1, 0.15) is 11.6 Å². The van der Waals surface area contributed by atoms with E-state index in [0.717, 1.165) is 15.6 Å². The van der Waals surface area contributed by atoms with Crippen molar-refractivity contribution in [2.24, 2.45) is 5.84 Å². The molecule has 2 nitrogen and oxygen atoms in total. The zero-order valence-electron chi connectivity index (χ0n) is 11.0. The number of hydrogen-bond donors (Lipinski definition) is 2. The van der Waals surface area contributed by atoms with E-state index in [1.165, 1.54) is 18.2 Å². The van der Waals surface area contributed by atoms with Crippen LogP contribution in [0.5, 0.6) is 0 Å². The molecule has 0 aliphatic carbocycles. The third kappa shape index (κ3) is 3.42. The van der Waals surface area contributed by atoms with Gasteiger partial charge >= 0.3 is 0 Å². The Labute approximate surface area is 125 Å². The number of nitrogens with two attached hydrogens (primary N) is 1. The van der Waals surface area contributed by atoms with E-state index in [-0.39, 0.29) is 17.7 Å². The molecule has 0 saturated heterocycles. The molecule has 0 spiro atoms. The van der Waals surface area contributed by atoms with E-state index in [1.807, 2.05) is 0 Å². The molecule has 0 aliphatic rings. The maximum absolute atomic E-state index is 13.3. The lowest BCUT2D eigenvalue weighted by Crippen LogP contribution is -2.29. The van der Waals surface area contributed by atoms with Gasteiger partial charge in [0.15, 0.2) is 0 Å². The zero-order chi connectivity index (χ0) is 14.7. The highest BCUT2D eigenvalue weighted by atomic mass is 79.9. The van der Waals surface area contributed by atoms with Crippen LogP contribution in [0, 0.1) is 18.6 Å². The summed E-state index contributed by atoms with van der Waals surface area (Å²) >= 11 is 3.39. The Balaban J connectivity index is 2.28. The van der Waals surface area contributed by atoms with Gasteiger partial charge in [-0.1, -0.05) is 28.1 Å². The van der Waals surface area contributed by atoms with Crippen molar-refractivity contribution in [3.8, 4) is 0 Å². The second-order valence-corrected chi connectivity index (χ2v) is 5.52. The number of nitrogens with one attached hydrogen (secondary N) is 1. The molecule has 1 atom stereocenters. The summed E-state index contributed by atoms with van der Waals surface area (Å²) in [7, 11) is 0. The first-order valence-corrected chi connectivity index (χ1v) is 6.96. The largest absolute Gasteiger partial charge is 0.271 e. The van der Waals surface area contributed by atoms with Crippen molar-refractivity contribution in [3.05, 3.63) is 69.2 Å². The monoisotopic (exact) mass is 340 g/mol. The van der Waals surface area contributed by atoms with Crippen molar-refractivity contribution in [2.45, 2.75) is 19.4 Å². The van der Waals surface area contributed by atoms with Crippen molar-refractivity contribution >= 4 is 15.9 Å². The van der Waals surface area contributed by atoms with Gasteiger partial charge in [-0.15, -0.1) is 0 Å². The molecule has 106 valence electrons. The van der Waals surface area contributed by atoms with Gasteiger partial charge in [-0.2, -0.15) is 0 Å². The summed E-state index contributed by atoms with van der Waals surface area (Å²) in [6, 6.07) is 9.13. The van der Waals surface area contributed by atoms with Gasteiger partial charge in [0.25, 0.3) is 0 Å². The number of benzene rings is 2. The summed E-state index contributed by atoms with van der Waals surface area (Å²) in [6.07, 6.45) is 0.500. The van der Waals surface area contributed by atoms with E-state index in [2.05, 4.69) is 21.4 Å². The van der Waals surface area contributed by atoms with Gasteiger partial charge in [0.2, 0.25) is 0 Å². The Morgan fingerprint density at radius 3 is 2.60 bits per heavy atom. The summed E-state index contributed by atoms with van der Waals surface area (Å²) in [5.41, 5.74) is 4.92. The lowest BCUT2D eigenvalue weighted by Gasteiger charge is -2.18. The highest BCUT2D eigenvalue weighted by Crippen LogP contribution is 2.25. The summed E-state index contributed by atoms with van der Waals surface area (Å²) < 4.78 is 27.4. The van der Waals surface area contributed by atoms with Crippen LogP contribution in [0.1, 0.15) is 22.7 Å². The molecule has 0 amide bonds. The van der Waals surface area contributed by atoms with E-state index in [9.17, 15) is 8.78 Å². The number of rotatable bonds is 4. The minimum Gasteiger partial charge on any atom is -0.271 e. The quantitative estimate of drug-likeness (QED) is 0.656. The van der Waals surface area contributed by atoms with Crippen LogP contribution in [0.3, 0.4) is 0 Å². The molecule has 20 heavy (non-hydrogen) atoms. The Kier molecular flexibility index (Phi) is 4.86. The van der Waals surface area contributed by atoms with E-state index in [4.69, 9.17) is 5.84 Å². The molecule has 1 unspecified atom stereocenters. The van der Waals surface area contributed by atoms with Gasteiger partial charge in [-0.3, -0.25) is 11.3 Å². The Bertz CT molecular complexity index is 617. The van der Waals surface area contributed by atoms with Gasteiger partial charge in [0.05, 0.1) is 6.04 Å². The lowest BCUT2D eigenvalue weighted by molar-refractivity contribution is 0.544. The number of hydrogen-bond acceptors (Lipinski definition) is 2. The summed E-state index contributed by atoms with van der Waals surface area (Å²) in [5.74, 6) is 5.03. The average Bonchev–Trinajstić information content (AvgIpc) is 2.43. The minimum atomic E-state index is -0.297. The first-order valence-electron chi connectivity index (χ1n) is 6.17. The Morgan fingerprint density at radius 1 is 1.20 bits per heavy atom. The second-order valence-electron chi connectivity index (χ2n) is 4.67. The van der Waals surface area contributed by atoms with Crippen LogP contribution < -0.4 is 11.3 Å². The zero-order valence-corrected chi connectivity index (χ0v) is 12.5. The van der Waals surface area contributed by atoms with Crippen molar-refractivity contribution < 1.29 is 8.78 Å². The molecule has 2 aromatic carbocycles. The van der Waals surface area contributed by atoms with Crippen molar-refractivity contribution in [1.82, 2.24) is 5.43 Å². The lowest BCUT2D eigenvalue weighted by atomic mass is 9.98. The molecular formula is C15H15BrF2N2. The van der Waals surface area contributed by atoms with Crippen LogP contribution in [0.15, 0.2) is 40.9 Å². The van der Waals surface area contributed by atoms with E-state index < -0.39 is 0 Å². The fourth-order valence-corrected chi connectivity index (χ4v) is 2.49. The highest BCUT2D eigenvalue weighted by molar-refractivity contribution is 9.10. The van der Waals surface area contributed by atoms with Crippen molar-refractivity contribution in [3.63, 3.8) is 0 Å². The first kappa shape index (κ1) is 15.1. The second kappa shape index (κ2) is 6.43. The smallest absolute Gasteiger partial charge is 0.126 e. The maximum Gasteiger partial charge on any atom is 0.126 e. The summed E-state index contributed by atoms with van der Waals surface area (Å²) in [6.45, 7) is 1.70. The van der Waals surface area contributed by atoms with Gasteiger partial charge in [-0.05, 0) is 54.3 Å². The molecule has 0 saturated carbocycles. The SMILES string of the molecule is Cc1cc(C(Cc2cc(F)ccc2Br)NN)ccc1F. The van der Waals surface area contributed by atoms with Crippen molar-refractivity contribution in [1.29, 1.82) is 0 Å². The standard InChI is InChI=1S/C15H15BrF2N2/c1-9-6-10(2-5-14(9)18)15(20-19)8-11-7-12(17)3-4-13(11)16/h2-7,15,20H,8,19H2,1H3. The van der Waals surface area contributed by atoms with Crippen LogP contribution in [0.2, 0.25) is 0 Å². The Morgan fingerprint density at radius 2 is 1.95 bits per heavy atom. The van der Waals surface area contributed by atoms with E-state index in [0.29, 0.717) is 12.0 Å². The van der Waals surface area contributed by atoms with Crippen LogP contribution >= 0.6 is 15.9 Å². The molecule has 0 heterocycles. The average molecular weight is 341 g/mol. The Hall–Kier alpha value is -1.30. The summed E-state index contributed by atoms with van der Waals surface area (Å²) in [4.78, 5) is 0. The summed E-state index contributed by atoms with van der Waals surface area (Å²) in [5, 5.41) is 0. The fourth-order valence-electron chi connectivity index (χ4n) is 2.08. The van der Waals surface area contributed by atoms with E-state index in [1.54, 1.807) is 25.1 Å². The topological polar surface area (TPSA) is 38.0 Å². The number of hydrazine groups is 1. The van der Waals surface area contributed by atoms with Crippen LogP contribution in [-0.2, 0) is 6.42 Å². The third-order valence-electron chi connectivity index (χ3n) is 3.22. The normalized spacial score (nSPS) is 12.4. The number of aryl methyl sites for hydroxylation is 1.